The molecule has 2 N–H and O–H groups in total. The topological polar surface area (TPSA) is 74.6 Å². The molecule has 0 bridgehead atoms. The second-order valence-corrected chi connectivity index (χ2v) is 2.90. The molecule has 0 aliphatic heterocycles. The van der Waals surface area contributed by atoms with Crippen LogP contribution >= 0.6 is 0 Å². The summed E-state index contributed by atoms with van der Waals surface area (Å²) in [7, 11) is -4.04. The van der Waals surface area contributed by atoms with Crippen molar-refractivity contribution < 1.29 is 47.6 Å². The van der Waals surface area contributed by atoms with E-state index in [1.54, 1.807) is 0 Å². The Hall–Kier alpha value is 0.870. The van der Waals surface area contributed by atoms with Crippen molar-refractivity contribution in [1.82, 2.24) is 0 Å². The number of hydrogen-bond donors (Lipinski definition) is 2. The predicted molar refractivity (Wildman–Crippen MR) is 27.8 cm³/mol. The van der Waals surface area contributed by atoms with Crippen LogP contribution < -0.4 is 29.6 Å². The summed E-state index contributed by atoms with van der Waals surface area (Å²) in [6, 6.07) is 0. The fourth-order valence-corrected chi connectivity index (χ4v) is 0.729. The van der Waals surface area contributed by atoms with E-state index in [0.717, 1.165) is 0 Å². The van der Waals surface area contributed by atoms with E-state index in [1.807, 2.05) is 0 Å². The van der Waals surface area contributed by atoms with E-state index in [9.17, 15) is 8.42 Å². The first-order valence-electron chi connectivity index (χ1n) is 1.88. The summed E-state index contributed by atoms with van der Waals surface area (Å²) in [5.74, 6) is -0.701. The normalized spacial score (nSPS) is 14.1. The Kier molecular flexibility index (Phi) is 6.48. The number of hydrogen-bond acceptors (Lipinski definition) is 3. The van der Waals surface area contributed by atoms with Crippen LogP contribution in [0.25, 0.3) is 0 Å². The van der Waals surface area contributed by atoms with Gasteiger partial charge in [-0.1, -0.05) is 6.10 Å². The monoisotopic (exact) mass is 162 g/mol. The summed E-state index contributed by atoms with van der Waals surface area (Å²) in [6.07, 6.45) is -1.25. The third-order valence-corrected chi connectivity index (χ3v) is 1.21. The SMILES string of the molecule is [CH2-]C(O)CS(=O)(=O)O.[Na+]. The molecule has 0 aromatic carbocycles. The van der Waals surface area contributed by atoms with E-state index in [1.165, 1.54) is 0 Å². The molecule has 1 atom stereocenters. The Balaban J connectivity index is 0. The molecule has 0 aromatic rings. The van der Waals surface area contributed by atoms with Crippen molar-refractivity contribution in [3.05, 3.63) is 6.92 Å². The summed E-state index contributed by atoms with van der Waals surface area (Å²) in [4.78, 5) is 0. The van der Waals surface area contributed by atoms with Crippen LogP contribution in [0.4, 0.5) is 0 Å². The Morgan fingerprint density at radius 2 is 1.89 bits per heavy atom. The molecule has 4 nitrogen and oxygen atoms in total. The fourth-order valence-electron chi connectivity index (χ4n) is 0.243. The van der Waals surface area contributed by atoms with Crippen LogP contribution in [0.1, 0.15) is 0 Å². The molecule has 0 aliphatic rings. The maximum absolute atomic E-state index is 9.80. The maximum atomic E-state index is 9.80. The molecule has 6 heteroatoms. The standard InChI is InChI=1S/C3H7O4S.Na/c1-3(4)2-8(5,6)7;/h3-4H,1-2H2,(H,5,6,7);/q-1;+1. The minimum absolute atomic E-state index is 0. The molecular formula is C3H7NaO4S. The van der Waals surface area contributed by atoms with Gasteiger partial charge in [-0.2, -0.15) is 8.42 Å². The van der Waals surface area contributed by atoms with Gasteiger partial charge in [-0.05, 0) is 0 Å². The van der Waals surface area contributed by atoms with Crippen molar-refractivity contribution in [1.29, 1.82) is 0 Å². The van der Waals surface area contributed by atoms with Gasteiger partial charge in [0.2, 0.25) is 0 Å². The van der Waals surface area contributed by atoms with Crippen molar-refractivity contribution in [2.24, 2.45) is 0 Å². The summed E-state index contributed by atoms with van der Waals surface area (Å²) < 4.78 is 27.6. The Bertz CT molecular complexity index is 149. The second-order valence-electron chi connectivity index (χ2n) is 1.40. The van der Waals surface area contributed by atoms with Crippen molar-refractivity contribution >= 4 is 10.1 Å². The van der Waals surface area contributed by atoms with E-state index in [0.29, 0.717) is 0 Å². The maximum Gasteiger partial charge on any atom is 1.00 e. The van der Waals surface area contributed by atoms with Crippen LogP contribution in [0.5, 0.6) is 0 Å². The summed E-state index contributed by atoms with van der Waals surface area (Å²) in [5, 5.41) is 8.24. The molecule has 0 aliphatic carbocycles. The van der Waals surface area contributed by atoms with Gasteiger partial charge in [0, 0.05) is 0 Å². The third-order valence-electron chi connectivity index (χ3n) is 0.403. The smallest absolute Gasteiger partial charge is 0.424 e. The summed E-state index contributed by atoms with van der Waals surface area (Å²) in [5.41, 5.74) is 0. The Morgan fingerprint density at radius 3 is 1.89 bits per heavy atom. The van der Waals surface area contributed by atoms with E-state index >= 15 is 0 Å². The van der Waals surface area contributed by atoms with Gasteiger partial charge in [-0.25, -0.2) is 0 Å². The van der Waals surface area contributed by atoms with E-state index in [4.69, 9.17) is 9.66 Å². The summed E-state index contributed by atoms with van der Waals surface area (Å²) >= 11 is 0. The second kappa shape index (κ2) is 4.65. The first-order valence-corrected chi connectivity index (χ1v) is 3.49. The first kappa shape index (κ1) is 12.5. The fraction of sp³-hybridized carbons (Fsp3) is 0.667. The minimum Gasteiger partial charge on any atom is -0.424 e. The Labute approximate surface area is 76.3 Å². The zero-order valence-electron chi connectivity index (χ0n) is 5.11. The van der Waals surface area contributed by atoms with E-state index in [2.05, 4.69) is 6.92 Å². The molecule has 50 valence electrons. The van der Waals surface area contributed by atoms with Crippen molar-refractivity contribution in [3.8, 4) is 0 Å². The zero-order chi connectivity index (χ0) is 6.78. The third kappa shape index (κ3) is 12.1. The van der Waals surface area contributed by atoms with Gasteiger partial charge in [0.15, 0.2) is 0 Å². The molecule has 1 unspecified atom stereocenters. The van der Waals surface area contributed by atoms with E-state index < -0.39 is 22.0 Å². The number of aliphatic hydroxyl groups is 1. The van der Waals surface area contributed by atoms with Gasteiger partial charge in [0.1, 0.15) is 0 Å². The van der Waals surface area contributed by atoms with Gasteiger partial charge >= 0.3 is 29.6 Å². The molecule has 0 amide bonds. The largest absolute Gasteiger partial charge is 1.00 e. The molecule has 0 fully saturated rings. The molecule has 0 radical (unpaired) electrons. The summed E-state index contributed by atoms with van der Waals surface area (Å²) in [6.45, 7) is 2.94. The zero-order valence-corrected chi connectivity index (χ0v) is 7.93. The Morgan fingerprint density at radius 1 is 1.56 bits per heavy atom. The number of aliphatic hydroxyl groups excluding tert-OH is 1. The molecule has 0 aromatic heterocycles. The predicted octanol–water partition coefficient (Wildman–Crippen LogP) is -3.93. The van der Waals surface area contributed by atoms with Gasteiger partial charge < -0.3 is 12.0 Å². The van der Waals surface area contributed by atoms with Crippen LogP contribution in [0.2, 0.25) is 0 Å². The van der Waals surface area contributed by atoms with Crippen LogP contribution in [0.3, 0.4) is 0 Å². The van der Waals surface area contributed by atoms with Crippen molar-refractivity contribution in [3.63, 3.8) is 0 Å². The van der Waals surface area contributed by atoms with Crippen LogP contribution in [0, 0.1) is 6.92 Å². The molecule has 0 heterocycles. The molecular weight excluding hydrogens is 155 g/mol. The average molecular weight is 162 g/mol. The molecule has 0 saturated heterocycles. The first-order chi connectivity index (χ1) is 3.42. The van der Waals surface area contributed by atoms with Crippen LogP contribution in [-0.4, -0.2) is 29.9 Å². The number of rotatable bonds is 2. The molecule has 9 heavy (non-hydrogen) atoms. The van der Waals surface area contributed by atoms with Gasteiger partial charge in [-0.3, -0.25) is 4.55 Å². The van der Waals surface area contributed by atoms with Gasteiger partial charge in [0.25, 0.3) is 10.1 Å². The molecule has 0 spiro atoms. The van der Waals surface area contributed by atoms with E-state index in [-0.39, 0.29) is 29.6 Å². The van der Waals surface area contributed by atoms with Crippen molar-refractivity contribution in [2.45, 2.75) is 6.10 Å². The quantitative estimate of drug-likeness (QED) is 0.247. The van der Waals surface area contributed by atoms with Gasteiger partial charge in [0.05, 0.1) is 5.75 Å². The van der Waals surface area contributed by atoms with Gasteiger partial charge in [-0.15, -0.1) is 0 Å². The van der Waals surface area contributed by atoms with Crippen LogP contribution in [0.15, 0.2) is 0 Å². The average Bonchev–Trinajstić information content (AvgIpc) is 1.21. The molecule has 0 rings (SSSR count). The van der Waals surface area contributed by atoms with Crippen molar-refractivity contribution in [2.75, 3.05) is 5.75 Å². The van der Waals surface area contributed by atoms with Crippen LogP contribution in [-0.2, 0) is 10.1 Å². The molecule has 0 saturated carbocycles. The minimum atomic E-state index is -4.04.